The van der Waals surface area contributed by atoms with E-state index in [1.54, 1.807) is 34.9 Å². The smallest absolute Gasteiger partial charge is 0.394 e. The van der Waals surface area contributed by atoms with Gasteiger partial charge in [-0.3, -0.25) is 18.5 Å². The van der Waals surface area contributed by atoms with Crippen LogP contribution in [0, 0.1) is 0 Å². The summed E-state index contributed by atoms with van der Waals surface area (Å²) in [6.07, 6.45) is -3.13. The van der Waals surface area contributed by atoms with Gasteiger partial charge in [-0.25, -0.2) is 4.79 Å². The Labute approximate surface area is 209 Å². The summed E-state index contributed by atoms with van der Waals surface area (Å²) in [5.41, 5.74) is 0.381. The summed E-state index contributed by atoms with van der Waals surface area (Å²) in [4.78, 5) is 30.7. The lowest BCUT2D eigenvalue weighted by Gasteiger charge is -2.15. The first-order chi connectivity index (χ1) is 17.1. The number of aromatic nitrogens is 4. The molecule has 0 unspecified atom stereocenters. The molecule has 2 aromatic carbocycles. The maximum Gasteiger partial charge on any atom is 0.394 e. The quantitative estimate of drug-likeness (QED) is 0.349. The minimum Gasteiger partial charge on any atom is -0.433 e. The molecule has 2 heterocycles. The van der Waals surface area contributed by atoms with Crippen LogP contribution in [-0.4, -0.2) is 36.5 Å². The molecule has 0 saturated heterocycles. The van der Waals surface area contributed by atoms with E-state index in [4.69, 9.17) is 11.6 Å². The summed E-state index contributed by atoms with van der Waals surface area (Å²) < 4.78 is 35.3. The number of rotatable bonds is 9. The van der Waals surface area contributed by atoms with Crippen LogP contribution in [0.3, 0.4) is 0 Å². The van der Waals surface area contributed by atoms with Crippen molar-refractivity contribution in [2.24, 2.45) is 7.05 Å². The zero-order chi connectivity index (χ0) is 26.0. The molecule has 0 atom stereocenters. The SMILES string of the molecule is Cn1c(=O)n(CCCO)c(=O)c2c1nc(Nc1cccc(OC(C)(F)F)c1)n2Cc1ccc(Cl)cc1. The fraction of sp³-hybridized carbons (Fsp3) is 0.292. The summed E-state index contributed by atoms with van der Waals surface area (Å²) in [7, 11) is 1.50. The van der Waals surface area contributed by atoms with E-state index < -0.39 is 17.4 Å². The standard InChI is InChI=1S/C24H24ClF2N5O4/c1-24(26,27)36-18-6-3-5-17(13-18)28-22-29-20-19(32(22)14-15-7-9-16(25)10-8-15)21(34)31(11-4-12-33)23(35)30(20)2/h3,5-10,13,33H,4,11-12,14H2,1-2H3,(H,28,29). The Morgan fingerprint density at radius 1 is 1.14 bits per heavy atom. The summed E-state index contributed by atoms with van der Waals surface area (Å²) in [6.45, 7) is 0.699. The Balaban J connectivity index is 1.87. The van der Waals surface area contributed by atoms with Crippen LogP contribution in [-0.2, 0) is 20.1 Å². The molecule has 190 valence electrons. The Bertz CT molecular complexity index is 1510. The summed E-state index contributed by atoms with van der Waals surface area (Å²) >= 11 is 6.01. The Hall–Kier alpha value is -3.70. The van der Waals surface area contributed by atoms with Gasteiger partial charge in [-0.2, -0.15) is 13.8 Å². The van der Waals surface area contributed by atoms with Gasteiger partial charge in [-0.15, -0.1) is 0 Å². The Morgan fingerprint density at radius 3 is 2.53 bits per heavy atom. The van der Waals surface area contributed by atoms with Crippen LogP contribution in [0.25, 0.3) is 11.2 Å². The maximum absolute atomic E-state index is 13.4. The normalized spacial score (nSPS) is 11.7. The third-order valence-electron chi connectivity index (χ3n) is 5.41. The minimum atomic E-state index is -3.36. The summed E-state index contributed by atoms with van der Waals surface area (Å²) in [5, 5.41) is 12.8. The van der Waals surface area contributed by atoms with Crippen LogP contribution >= 0.6 is 11.6 Å². The number of hydrogen-bond donors (Lipinski definition) is 2. The highest BCUT2D eigenvalue weighted by Gasteiger charge is 2.24. The van der Waals surface area contributed by atoms with E-state index in [1.807, 2.05) is 0 Å². The van der Waals surface area contributed by atoms with Crippen LogP contribution in [0.15, 0.2) is 58.1 Å². The first-order valence-corrected chi connectivity index (χ1v) is 11.4. The average molecular weight is 520 g/mol. The Morgan fingerprint density at radius 2 is 1.86 bits per heavy atom. The molecule has 0 aliphatic carbocycles. The average Bonchev–Trinajstić information content (AvgIpc) is 3.16. The summed E-state index contributed by atoms with van der Waals surface area (Å²) in [5.74, 6) is 0.152. The molecule has 4 aromatic rings. The lowest BCUT2D eigenvalue weighted by Crippen LogP contribution is -2.39. The third kappa shape index (κ3) is 5.42. The number of nitrogens with zero attached hydrogens (tertiary/aromatic N) is 4. The lowest BCUT2D eigenvalue weighted by atomic mass is 10.2. The molecule has 0 aliphatic rings. The van der Waals surface area contributed by atoms with Crippen molar-refractivity contribution in [2.45, 2.75) is 32.5 Å². The van der Waals surface area contributed by atoms with E-state index in [0.29, 0.717) is 17.6 Å². The molecule has 0 amide bonds. The molecule has 2 aromatic heterocycles. The number of ether oxygens (including phenoxy) is 1. The fourth-order valence-electron chi connectivity index (χ4n) is 3.79. The molecule has 12 heteroatoms. The monoisotopic (exact) mass is 519 g/mol. The van der Waals surface area contributed by atoms with Crippen LogP contribution in [0.1, 0.15) is 18.9 Å². The van der Waals surface area contributed by atoms with Crippen LogP contribution in [0.5, 0.6) is 5.75 Å². The van der Waals surface area contributed by atoms with Crippen molar-refractivity contribution in [3.8, 4) is 5.75 Å². The zero-order valence-corrected chi connectivity index (χ0v) is 20.3. The van der Waals surface area contributed by atoms with E-state index in [-0.39, 0.29) is 49.0 Å². The molecular formula is C24H24ClF2N5O4. The second kappa shape index (κ2) is 10.1. The molecule has 2 N–H and O–H groups in total. The molecule has 0 aliphatic heterocycles. The van der Waals surface area contributed by atoms with Gasteiger partial charge >= 0.3 is 11.8 Å². The van der Waals surface area contributed by atoms with E-state index in [0.717, 1.165) is 10.1 Å². The van der Waals surface area contributed by atoms with Gasteiger partial charge in [0.2, 0.25) is 5.95 Å². The van der Waals surface area contributed by atoms with Crippen molar-refractivity contribution < 1.29 is 18.6 Å². The second-order valence-electron chi connectivity index (χ2n) is 8.26. The van der Waals surface area contributed by atoms with Crippen molar-refractivity contribution in [2.75, 3.05) is 11.9 Å². The second-order valence-corrected chi connectivity index (χ2v) is 8.69. The predicted molar refractivity (Wildman–Crippen MR) is 132 cm³/mol. The number of anilines is 2. The van der Waals surface area contributed by atoms with Gasteiger partial charge < -0.3 is 15.2 Å². The van der Waals surface area contributed by atoms with E-state index in [2.05, 4.69) is 15.0 Å². The largest absolute Gasteiger partial charge is 0.433 e. The number of imidazole rings is 1. The van der Waals surface area contributed by atoms with Gasteiger partial charge in [0.25, 0.3) is 5.56 Å². The predicted octanol–water partition coefficient (Wildman–Crippen LogP) is 3.72. The third-order valence-corrected chi connectivity index (χ3v) is 5.67. The molecule has 0 saturated carbocycles. The highest BCUT2D eigenvalue weighted by molar-refractivity contribution is 6.30. The fourth-order valence-corrected chi connectivity index (χ4v) is 3.92. The molecule has 0 radical (unpaired) electrons. The molecule has 36 heavy (non-hydrogen) atoms. The highest BCUT2D eigenvalue weighted by Crippen LogP contribution is 2.27. The van der Waals surface area contributed by atoms with Gasteiger partial charge in [0.1, 0.15) is 5.75 Å². The first kappa shape index (κ1) is 25.4. The van der Waals surface area contributed by atoms with Crippen LogP contribution in [0.2, 0.25) is 5.02 Å². The molecular weight excluding hydrogens is 496 g/mol. The number of aliphatic hydroxyl groups excluding tert-OH is 1. The summed E-state index contributed by atoms with van der Waals surface area (Å²) in [6, 6.07) is 12.9. The van der Waals surface area contributed by atoms with Crippen molar-refractivity contribution in [3.63, 3.8) is 0 Å². The van der Waals surface area contributed by atoms with E-state index in [9.17, 15) is 23.5 Å². The van der Waals surface area contributed by atoms with Crippen LogP contribution in [0.4, 0.5) is 20.4 Å². The number of aliphatic hydroxyl groups is 1. The number of hydrogen-bond acceptors (Lipinski definition) is 6. The molecule has 4 rings (SSSR count). The van der Waals surface area contributed by atoms with Gasteiger partial charge in [0, 0.05) is 43.9 Å². The maximum atomic E-state index is 13.4. The van der Waals surface area contributed by atoms with Crippen molar-refractivity contribution >= 4 is 34.4 Å². The molecule has 0 spiro atoms. The van der Waals surface area contributed by atoms with Crippen molar-refractivity contribution in [1.29, 1.82) is 0 Å². The molecule has 0 bridgehead atoms. The molecule has 0 fully saturated rings. The topological polar surface area (TPSA) is 103 Å². The number of benzene rings is 2. The van der Waals surface area contributed by atoms with Gasteiger partial charge in [-0.05, 0) is 36.2 Å². The first-order valence-electron chi connectivity index (χ1n) is 11.1. The van der Waals surface area contributed by atoms with Crippen LogP contribution < -0.4 is 21.3 Å². The number of aryl methyl sites for hydroxylation is 1. The number of nitrogens with one attached hydrogen (secondary N) is 1. The van der Waals surface area contributed by atoms with Gasteiger partial charge in [0.05, 0.1) is 6.54 Å². The Kier molecular flexibility index (Phi) is 7.14. The van der Waals surface area contributed by atoms with Crippen molar-refractivity contribution in [1.82, 2.24) is 18.7 Å². The number of fused-ring (bicyclic) bond motifs is 1. The van der Waals surface area contributed by atoms with Crippen molar-refractivity contribution in [3.05, 3.63) is 80.0 Å². The van der Waals surface area contributed by atoms with E-state index in [1.165, 1.54) is 29.8 Å². The van der Waals surface area contributed by atoms with Gasteiger partial charge in [-0.1, -0.05) is 29.8 Å². The lowest BCUT2D eigenvalue weighted by molar-refractivity contribution is -0.158. The number of alkyl halides is 2. The minimum absolute atomic E-state index is 0.0391. The number of halogens is 3. The van der Waals surface area contributed by atoms with E-state index >= 15 is 0 Å². The van der Waals surface area contributed by atoms with Gasteiger partial charge in [0.15, 0.2) is 11.2 Å². The zero-order valence-electron chi connectivity index (χ0n) is 19.5. The molecule has 9 nitrogen and oxygen atoms in total. The highest BCUT2D eigenvalue weighted by atomic mass is 35.5.